The van der Waals surface area contributed by atoms with E-state index in [2.05, 4.69) is 34.6 Å². The number of halogens is 3. The first kappa shape index (κ1) is 28.4. The lowest BCUT2D eigenvalue weighted by atomic mass is 9.90. The number of fused-ring (bicyclic) bond motifs is 1. The van der Waals surface area contributed by atoms with Crippen LogP contribution in [0, 0.1) is 11.8 Å². The van der Waals surface area contributed by atoms with Gasteiger partial charge in [0.2, 0.25) is 0 Å². The number of anilines is 1. The predicted octanol–water partition coefficient (Wildman–Crippen LogP) is 5.29. The highest BCUT2D eigenvalue weighted by atomic mass is 19.4. The number of benzene rings is 2. The third-order valence-electron chi connectivity index (χ3n) is 7.73. The van der Waals surface area contributed by atoms with Gasteiger partial charge < -0.3 is 10.6 Å². The number of piperidine rings is 1. The molecular formula is C33H33F3N4O. The molecular weight excluding hydrogens is 525 g/mol. The summed E-state index contributed by atoms with van der Waals surface area (Å²) < 4.78 is 42.8. The van der Waals surface area contributed by atoms with Crippen molar-refractivity contribution in [3.63, 3.8) is 0 Å². The van der Waals surface area contributed by atoms with Crippen LogP contribution in [0.3, 0.4) is 0 Å². The first-order chi connectivity index (χ1) is 19.8. The number of rotatable bonds is 6. The van der Waals surface area contributed by atoms with Gasteiger partial charge >= 0.3 is 6.18 Å². The molecule has 0 amide bonds. The summed E-state index contributed by atoms with van der Waals surface area (Å²) in [5.74, 6) is 6.71. The van der Waals surface area contributed by atoms with Gasteiger partial charge in [0, 0.05) is 10.9 Å². The minimum Gasteiger partial charge on any atom is -0.340 e. The van der Waals surface area contributed by atoms with Gasteiger partial charge in [-0.15, -0.1) is 5.92 Å². The molecule has 5 rings (SSSR count). The number of hydrogen-bond acceptors (Lipinski definition) is 4. The average molecular weight is 559 g/mol. The fraction of sp³-hybridized carbons (Fsp3) is 0.333. The van der Waals surface area contributed by atoms with Crippen LogP contribution in [0.5, 0.6) is 0 Å². The Balaban J connectivity index is 1.60. The molecule has 0 spiro atoms. The summed E-state index contributed by atoms with van der Waals surface area (Å²) in [5.41, 5.74) is 2.48. The number of hydrogen-bond donors (Lipinski definition) is 2. The maximum atomic E-state index is 13.8. The van der Waals surface area contributed by atoms with E-state index in [0.717, 1.165) is 43.3 Å². The molecule has 1 aromatic heterocycles. The molecule has 2 N–H and O–H groups in total. The predicted molar refractivity (Wildman–Crippen MR) is 156 cm³/mol. The van der Waals surface area contributed by atoms with Crippen molar-refractivity contribution < 1.29 is 13.2 Å². The summed E-state index contributed by atoms with van der Waals surface area (Å²) >= 11 is 0. The molecule has 0 bridgehead atoms. The molecule has 2 aromatic carbocycles. The van der Waals surface area contributed by atoms with Crippen LogP contribution in [0.1, 0.15) is 67.7 Å². The second kappa shape index (κ2) is 12.2. The van der Waals surface area contributed by atoms with Crippen molar-refractivity contribution in [1.29, 1.82) is 0 Å². The maximum absolute atomic E-state index is 13.8. The highest BCUT2D eigenvalue weighted by molar-refractivity contribution is 5.52. The van der Waals surface area contributed by atoms with E-state index >= 15 is 0 Å². The number of aromatic nitrogens is 1. The lowest BCUT2D eigenvalue weighted by Gasteiger charge is -2.23. The van der Waals surface area contributed by atoms with Gasteiger partial charge in [-0.1, -0.05) is 49.3 Å². The van der Waals surface area contributed by atoms with Crippen molar-refractivity contribution in [1.82, 2.24) is 9.88 Å². The van der Waals surface area contributed by atoms with Gasteiger partial charge in [-0.05, 0) is 92.6 Å². The topological polar surface area (TPSA) is 58.4 Å². The average Bonchev–Trinajstić information content (AvgIpc) is 3.14. The minimum absolute atomic E-state index is 0.00643. The van der Waals surface area contributed by atoms with Crippen LogP contribution in [0.15, 0.2) is 75.8 Å². The number of nitrogens with one attached hydrogen (secondary N) is 2. The van der Waals surface area contributed by atoms with Crippen LogP contribution in [0.2, 0.25) is 0 Å². The highest BCUT2D eigenvalue weighted by Gasteiger charge is 2.33. The number of alkyl halides is 3. The zero-order valence-corrected chi connectivity index (χ0v) is 23.2. The van der Waals surface area contributed by atoms with E-state index in [-0.39, 0.29) is 17.7 Å². The van der Waals surface area contributed by atoms with Gasteiger partial charge in [0.1, 0.15) is 11.3 Å². The normalized spacial score (nSPS) is 15.6. The fourth-order valence-electron chi connectivity index (χ4n) is 5.50. The molecule has 0 atom stereocenters. The van der Waals surface area contributed by atoms with E-state index in [1.807, 2.05) is 25.1 Å². The number of allylic oxidation sites excluding steroid dienone is 1. The van der Waals surface area contributed by atoms with E-state index in [1.165, 1.54) is 22.3 Å². The van der Waals surface area contributed by atoms with Crippen LogP contribution in [0.4, 0.5) is 18.9 Å². The molecule has 1 fully saturated rings. The van der Waals surface area contributed by atoms with E-state index in [9.17, 15) is 18.0 Å². The van der Waals surface area contributed by atoms with Gasteiger partial charge in [-0.25, -0.2) is 4.99 Å². The summed E-state index contributed by atoms with van der Waals surface area (Å²) in [4.78, 5) is 18.5. The Morgan fingerprint density at radius 1 is 1.10 bits per heavy atom. The summed E-state index contributed by atoms with van der Waals surface area (Å²) in [5, 5.41) is 7.50. The fourth-order valence-corrected chi connectivity index (χ4v) is 5.50. The molecule has 0 saturated carbocycles. The van der Waals surface area contributed by atoms with Crippen molar-refractivity contribution in [2.24, 2.45) is 4.99 Å². The lowest BCUT2D eigenvalue weighted by Crippen LogP contribution is -2.45. The maximum Gasteiger partial charge on any atom is 0.416 e. The van der Waals surface area contributed by atoms with Crippen molar-refractivity contribution >= 4 is 11.8 Å². The third-order valence-corrected chi connectivity index (χ3v) is 7.73. The molecule has 3 heterocycles. The van der Waals surface area contributed by atoms with Gasteiger partial charge in [0.15, 0.2) is 0 Å². The first-order valence-corrected chi connectivity index (χ1v) is 14.0. The van der Waals surface area contributed by atoms with E-state index in [4.69, 9.17) is 4.99 Å². The van der Waals surface area contributed by atoms with Gasteiger partial charge in [-0.2, -0.15) is 13.2 Å². The minimum atomic E-state index is -4.55. The second-order valence-corrected chi connectivity index (χ2v) is 10.4. The Hall–Kier alpha value is -4.09. The second-order valence-electron chi connectivity index (χ2n) is 10.4. The lowest BCUT2D eigenvalue weighted by molar-refractivity contribution is -0.138. The van der Waals surface area contributed by atoms with Crippen molar-refractivity contribution in [2.45, 2.75) is 58.2 Å². The highest BCUT2D eigenvalue weighted by Crippen LogP contribution is 2.32. The molecule has 5 nitrogen and oxygen atoms in total. The molecule has 8 heteroatoms. The molecule has 2 aliphatic heterocycles. The van der Waals surface area contributed by atoms with E-state index in [1.54, 1.807) is 19.1 Å². The van der Waals surface area contributed by atoms with Crippen LogP contribution >= 0.6 is 0 Å². The van der Waals surface area contributed by atoms with Crippen LogP contribution < -0.4 is 26.9 Å². The van der Waals surface area contributed by atoms with Gasteiger partial charge in [0.25, 0.3) is 5.56 Å². The molecule has 0 aliphatic carbocycles. The van der Waals surface area contributed by atoms with Crippen molar-refractivity contribution in [3.8, 4) is 11.8 Å². The quantitative estimate of drug-likeness (QED) is 0.405. The zero-order chi connectivity index (χ0) is 29.0. The summed E-state index contributed by atoms with van der Waals surface area (Å²) in [6.07, 6.45) is 0.937. The Morgan fingerprint density at radius 2 is 1.83 bits per heavy atom. The zero-order valence-electron chi connectivity index (χ0n) is 23.2. The summed E-state index contributed by atoms with van der Waals surface area (Å²) in [7, 11) is 0. The molecule has 2 aliphatic rings. The Morgan fingerprint density at radius 3 is 2.51 bits per heavy atom. The third kappa shape index (κ3) is 6.31. The van der Waals surface area contributed by atoms with Gasteiger partial charge in [0.05, 0.1) is 17.7 Å². The molecule has 0 radical (unpaired) electrons. The SMILES string of the molecule is CC#Cc1cc2c(n(Cc3ccccc3C(F)(F)F)c1=O)=NC(Nc1ccc(C3CCNCC3)cc1)=C(CC)CC=2. The first-order valence-electron chi connectivity index (χ1n) is 14.0. The molecule has 41 heavy (non-hydrogen) atoms. The van der Waals surface area contributed by atoms with Gasteiger partial charge in [-0.3, -0.25) is 9.36 Å². The van der Waals surface area contributed by atoms with Crippen molar-refractivity contribution in [3.05, 3.63) is 109 Å². The smallest absolute Gasteiger partial charge is 0.340 e. The van der Waals surface area contributed by atoms with E-state index < -0.39 is 17.3 Å². The standard InChI is InChI=1S/C33H33F3N4O/c1-3-7-26-20-25-11-10-22(4-2)30(38-28-14-12-23(13-15-28)24-16-18-37-19-17-24)39-31(25)40(32(26)41)21-27-8-5-6-9-29(27)33(34,35)36/h5-6,8-9,11-15,20,24,37-38H,4,10,16-19,21H2,1-2H3. The monoisotopic (exact) mass is 558 g/mol. The summed E-state index contributed by atoms with van der Waals surface area (Å²) in [6.45, 7) is 5.42. The van der Waals surface area contributed by atoms with E-state index in [0.29, 0.717) is 35.3 Å². The largest absolute Gasteiger partial charge is 0.416 e. The number of pyridine rings is 1. The Kier molecular flexibility index (Phi) is 8.46. The van der Waals surface area contributed by atoms with Crippen LogP contribution in [-0.2, 0) is 12.7 Å². The molecule has 0 unspecified atom stereocenters. The molecule has 1 saturated heterocycles. The van der Waals surface area contributed by atoms with Crippen molar-refractivity contribution in [2.75, 3.05) is 18.4 Å². The summed E-state index contributed by atoms with van der Waals surface area (Å²) in [6, 6.07) is 15.4. The van der Waals surface area contributed by atoms with Crippen LogP contribution in [-0.4, -0.2) is 17.7 Å². The van der Waals surface area contributed by atoms with Crippen LogP contribution in [0.25, 0.3) is 6.08 Å². The Bertz CT molecular complexity index is 1700. The molecule has 3 aromatic rings. The number of nitrogens with zero attached hydrogens (tertiary/aromatic N) is 2. The molecule has 212 valence electrons. The Labute approximate surface area is 237 Å².